The second-order valence-corrected chi connectivity index (χ2v) is 2.84. The molecule has 0 spiro atoms. The molecular weight excluding hydrogens is 106 g/mol. The highest BCUT2D eigenvalue weighted by Gasteiger charge is 2.14. The largest absolute Gasteiger partial charge is 0.305 e. The number of likely N-dealkylation sites (tertiary alicyclic amines) is 1. The molecular formula is C5H10NS. The van der Waals surface area contributed by atoms with Crippen LogP contribution >= 0.6 is 12.6 Å². The Bertz CT molecular complexity index is 57.1. The van der Waals surface area contributed by atoms with Gasteiger partial charge in [-0.15, -0.1) is 0 Å². The highest BCUT2D eigenvalue weighted by Crippen LogP contribution is 2.10. The van der Waals surface area contributed by atoms with E-state index in [0.717, 1.165) is 6.54 Å². The van der Waals surface area contributed by atoms with Crippen molar-refractivity contribution in [2.45, 2.75) is 11.7 Å². The van der Waals surface area contributed by atoms with Crippen molar-refractivity contribution in [1.82, 2.24) is 4.90 Å². The van der Waals surface area contributed by atoms with E-state index in [9.17, 15) is 0 Å². The third-order valence-electron chi connectivity index (χ3n) is 1.35. The Morgan fingerprint density at radius 3 is 2.57 bits per heavy atom. The number of rotatable bonds is 0. The number of nitrogens with zero attached hydrogens (tertiary/aromatic N) is 1. The predicted octanol–water partition coefficient (Wildman–Crippen LogP) is 0.888. The second-order valence-electron chi connectivity index (χ2n) is 2.17. The molecule has 0 aromatic heterocycles. The normalized spacial score (nSPS) is 34.3. The molecule has 1 nitrogen and oxygen atoms in total. The van der Waals surface area contributed by atoms with Crippen molar-refractivity contribution < 1.29 is 0 Å². The Kier molecular flexibility index (Phi) is 1.60. The molecule has 1 atom stereocenters. The first-order valence-electron chi connectivity index (χ1n) is 2.63. The molecule has 2 heteroatoms. The summed E-state index contributed by atoms with van der Waals surface area (Å²) in [6.45, 7) is 2.32. The van der Waals surface area contributed by atoms with Gasteiger partial charge in [-0.3, -0.25) is 0 Å². The molecule has 0 aromatic rings. The molecule has 0 N–H and O–H groups in total. The molecule has 0 aliphatic carbocycles. The summed E-state index contributed by atoms with van der Waals surface area (Å²) in [5.74, 6) is 0. The quantitative estimate of drug-likeness (QED) is 0.454. The maximum atomic E-state index is 5.04. The minimum Gasteiger partial charge on any atom is -0.305 e. The van der Waals surface area contributed by atoms with E-state index in [-0.39, 0.29) is 0 Å². The molecule has 1 fully saturated rings. The van der Waals surface area contributed by atoms with E-state index >= 15 is 0 Å². The van der Waals surface area contributed by atoms with Crippen LogP contribution in [0.15, 0.2) is 0 Å². The van der Waals surface area contributed by atoms with Gasteiger partial charge < -0.3 is 4.90 Å². The fourth-order valence-electron chi connectivity index (χ4n) is 0.895. The van der Waals surface area contributed by atoms with Gasteiger partial charge in [0.15, 0.2) is 0 Å². The molecule has 1 unspecified atom stereocenters. The monoisotopic (exact) mass is 116 g/mol. The zero-order valence-corrected chi connectivity index (χ0v) is 5.37. The van der Waals surface area contributed by atoms with E-state index in [1.807, 2.05) is 0 Å². The average molecular weight is 116 g/mol. The molecule has 1 heterocycles. The van der Waals surface area contributed by atoms with Gasteiger partial charge in [0.05, 0.1) is 0 Å². The Morgan fingerprint density at radius 2 is 2.43 bits per heavy atom. The van der Waals surface area contributed by atoms with Crippen molar-refractivity contribution >= 4 is 12.6 Å². The van der Waals surface area contributed by atoms with E-state index in [1.165, 1.54) is 13.0 Å². The Hall–Kier alpha value is 0.310. The third kappa shape index (κ3) is 1.35. The predicted molar refractivity (Wildman–Crippen MR) is 33.5 cm³/mol. The standard InChI is InChI=1S/C5H10NS/c1-6-3-2-5(7)4-6/h5H,2-4H2,1H3. The first kappa shape index (κ1) is 5.45. The molecule has 1 aliphatic heterocycles. The lowest BCUT2D eigenvalue weighted by atomic mass is 10.4. The van der Waals surface area contributed by atoms with Crippen molar-refractivity contribution in [1.29, 1.82) is 0 Å². The molecule has 0 bridgehead atoms. The van der Waals surface area contributed by atoms with Crippen LogP contribution in [0.2, 0.25) is 0 Å². The summed E-state index contributed by atoms with van der Waals surface area (Å²) >= 11 is 5.04. The molecule has 7 heavy (non-hydrogen) atoms. The summed E-state index contributed by atoms with van der Waals surface area (Å²) in [4.78, 5) is 2.28. The van der Waals surface area contributed by atoms with Crippen LogP contribution in [0.4, 0.5) is 0 Å². The van der Waals surface area contributed by atoms with Crippen LogP contribution in [0, 0.1) is 0 Å². The van der Waals surface area contributed by atoms with Gasteiger partial charge in [0.25, 0.3) is 0 Å². The van der Waals surface area contributed by atoms with E-state index in [2.05, 4.69) is 11.9 Å². The van der Waals surface area contributed by atoms with Gasteiger partial charge in [-0.2, -0.15) is 0 Å². The minimum atomic E-state index is 0.532. The van der Waals surface area contributed by atoms with Crippen molar-refractivity contribution in [2.75, 3.05) is 20.1 Å². The van der Waals surface area contributed by atoms with Crippen LogP contribution in [0.5, 0.6) is 0 Å². The lowest BCUT2D eigenvalue weighted by Crippen LogP contribution is -2.13. The van der Waals surface area contributed by atoms with E-state index in [4.69, 9.17) is 12.6 Å². The summed E-state index contributed by atoms with van der Waals surface area (Å²) in [5, 5.41) is 0.532. The molecule has 41 valence electrons. The fourth-order valence-corrected chi connectivity index (χ4v) is 1.25. The minimum absolute atomic E-state index is 0.532. The Morgan fingerprint density at radius 1 is 1.71 bits per heavy atom. The zero-order chi connectivity index (χ0) is 5.28. The van der Waals surface area contributed by atoms with Crippen LogP contribution in [-0.4, -0.2) is 30.3 Å². The lowest BCUT2D eigenvalue weighted by Gasteiger charge is -2.02. The summed E-state index contributed by atoms with van der Waals surface area (Å²) in [7, 11) is 2.12. The SMILES string of the molecule is CN1CCC([S])C1. The Labute approximate surface area is 50.1 Å². The maximum Gasteiger partial charge on any atom is 0.0291 e. The van der Waals surface area contributed by atoms with E-state index < -0.39 is 0 Å². The van der Waals surface area contributed by atoms with Gasteiger partial charge in [0.1, 0.15) is 0 Å². The topological polar surface area (TPSA) is 3.24 Å². The summed E-state index contributed by atoms with van der Waals surface area (Å²) < 4.78 is 0. The van der Waals surface area contributed by atoms with Crippen LogP contribution in [0.25, 0.3) is 0 Å². The first-order valence-corrected chi connectivity index (χ1v) is 3.10. The van der Waals surface area contributed by atoms with Crippen molar-refractivity contribution in [3.8, 4) is 0 Å². The van der Waals surface area contributed by atoms with Crippen LogP contribution in [-0.2, 0) is 0 Å². The van der Waals surface area contributed by atoms with Gasteiger partial charge in [0.2, 0.25) is 0 Å². The molecule has 1 saturated heterocycles. The summed E-state index contributed by atoms with van der Waals surface area (Å²) in [6, 6.07) is 0. The van der Waals surface area contributed by atoms with Gasteiger partial charge in [-0.25, -0.2) is 0 Å². The van der Waals surface area contributed by atoms with Gasteiger partial charge in [0, 0.05) is 11.8 Å². The van der Waals surface area contributed by atoms with Crippen molar-refractivity contribution in [2.24, 2.45) is 0 Å². The maximum absolute atomic E-state index is 5.04. The molecule has 0 amide bonds. The average Bonchev–Trinajstić information content (AvgIpc) is 1.87. The Balaban J connectivity index is 2.26. The van der Waals surface area contributed by atoms with Crippen molar-refractivity contribution in [3.63, 3.8) is 0 Å². The van der Waals surface area contributed by atoms with Gasteiger partial charge in [-0.05, 0) is 20.0 Å². The molecule has 0 saturated carbocycles. The first-order chi connectivity index (χ1) is 3.29. The highest BCUT2D eigenvalue weighted by atomic mass is 32.1. The molecule has 1 radical (unpaired) electrons. The fraction of sp³-hybridized carbons (Fsp3) is 1.00. The highest BCUT2D eigenvalue weighted by molar-refractivity contribution is 7.81. The molecule has 1 rings (SSSR count). The van der Waals surface area contributed by atoms with E-state index in [1.54, 1.807) is 0 Å². The zero-order valence-electron chi connectivity index (χ0n) is 4.55. The van der Waals surface area contributed by atoms with Gasteiger partial charge >= 0.3 is 0 Å². The lowest BCUT2D eigenvalue weighted by molar-refractivity contribution is 0.419. The second kappa shape index (κ2) is 2.05. The van der Waals surface area contributed by atoms with E-state index in [0.29, 0.717) is 5.25 Å². The summed E-state index contributed by atoms with van der Waals surface area (Å²) in [6.07, 6.45) is 1.21. The van der Waals surface area contributed by atoms with Crippen LogP contribution in [0.3, 0.4) is 0 Å². The summed E-state index contributed by atoms with van der Waals surface area (Å²) in [5.41, 5.74) is 0. The number of hydrogen-bond acceptors (Lipinski definition) is 1. The van der Waals surface area contributed by atoms with Crippen molar-refractivity contribution in [3.05, 3.63) is 0 Å². The smallest absolute Gasteiger partial charge is 0.0291 e. The number of hydrogen-bond donors (Lipinski definition) is 0. The molecule has 1 aliphatic rings. The molecule has 0 aromatic carbocycles. The van der Waals surface area contributed by atoms with Crippen LogP contribution < -0.4 is 0 Å². The third-order valence-corrected chi connectivity index (χ3v) is 1.73. The van der Waals surface area contributed by atoms with Crippen LogP contribution in [0.1, 0.15) is 6.42 Å². The van der Waals surface area contributed by atoms with Gasteiger partial charge in [-0.1, -0.05) is 12.6 Å².